The minimum absolute atomic E-state index is 0.207. The summed E-state index contributed by atoms with van der Waals surface area (Å²) in [5.74, 6) is 2.55. The van der Waals surface area contributed by atoms with Gasteiger partial charge >= 0.3 is 6.09 Å². The molecule has 0 radical (unpaired) electrons. The van der Waals surface area contributed by atoms with Crippen LogP contribution in [-0.4, -0.2) is 6.09 Å². The first-order valence-electron chi connectivity index (χ1n) is 9.00. The van der Waals surface area contributed by atoms with E-state index in [9.17, 15) is 4.79 Å². The lowest BCUT2D eigenvalue weighted by Gasteiger charge is -2.22. The normalized spacial score (nSPS) is 14.6. The highest BCUT2D eigenvalue weighted by Crippen LogP contribution is 2.33. The van der Waals surface area contributed by atoms with Crippen LogP contribution in [0.4, 0.5) is 4.79 Å². The van der Waals surface area contributed by atoms with Crippen LogP contribution in [0.1, 0.15) is 76.2 Å². The van der Waals surface area contributed by atoms with Gasteiger partial charge in [-0.15, -0.1) is 0 Å². The first-order chi connectivity index (χ1) is 10.6. The second kappa shape index (κ2) is 12.2. The van der Waals surface area contributed by atoms with Crippen molar-refractivity contribution in [2.24, 2.45) is 23.7 Å². The number of carbonyl (C=O) groups is 1. The van der Waals surface area contributed by atoms with Crippen molar-refractivity contribution >= 4 is 6.09 Å². The number of amides is 1. The van der Waals surface area contributed by atoms with E-state index in [1.807, 2.05) is 27.7 Å². The number of allylic oxidation sites excluding steroid dienone is 3. The van der Waals surface area contributed by atoms with Crippen LogP contribution in [0.15, 0.2) is 23.1 Å². The molecule has 0 bridgehead atoms. The monoisotopic (exact) mass is 325 g/mol. The third-order valence-electron chi connectivity index (χ3n) is 2.85. The van der Waals surface area contributed by atoms with Gasteiger partial charge in [0.1, 0.15) is 5.76 Å². The lowest BCUT2D eigenvalue weighted by molar-refractivity contribution is 0.170. The fraction of sp³-hybridized carbons (Fsp3) is 0.750. The summed E-state index contributed by atoms with van der Waals surface area (Å²) in [6.07, 6.45) is 1.40. The third kappa shape index (κ3) is 9.47. The molecule has 3 nitrogen and oxygen atoms in total. The smallest absolute Gasteiger partial charge is 0.414 e. The zero-order chi connectivity index (χ0) is 18.7. The highest BCUT2D eigenvalue weighted by atomic mass is 16.6. The molecule has 136 valence electrons. The number of hydrogen-bond acceptors (Lipinski definition) is 2. The number of cyclic esters (lactones) is 1. The Bertz CT molecular complexity index is 399. The molecule has 0 aromatic rings. The van der Waals surface area contributed by atoms with Crippen LogP contribution in [-0.2, 0) is 4.74 Å². The zero-order valence-electron chi connectivity index (χ0n) is 17.2. The van der Waals surface area contributed by atoms with Crippen LogP contribution >= 0.6 is 0 Å². The van der Waals surface area contributed by atoms with Gasteiger partial charge < -0.3 is 4.74 Å². The van der Waals surface area contributed by atoms with Gasteiger partial charge in [0, 0.05) is 12.1 Å². The van der Waals surface area contributed by atoms with E-state index in [4.69, 9.17) is 4.74 Å². The van der Waals surface area contributed by atoms with Crippen molar-refractivity contribution in [3.8, 4) is 0 Å². The average molecular weight is 326 g/mol. The third-order valence-corrected chi connectivity index (χ3v) is 2.85. The van der Waals surface area contributed by atoms with Crippen molar-refractivity contribution in [3.05, 3.63) is 23.1 Å². The van der Waals surface area contributed by atoms with Crippen LogP contribution in [0.5, 0.6) is 0 Å². The molecule has 1 amide bonds. The van der Waals surface area contributed by atoms with E-state index in [1.165, 1.54) is 0 Å². The lowest BCUT2D eigenvalue weighted by atomic mass is 9.85. The molecular weight excluding hydrogens is 286 g/mol. The molecular formula is C20H39NO2. The Balaban J connectivity index is 0. The van der Waals surface area contributed by atoms with E-state index < -0.39 is 0 Å². The summed E-state index contributed by atoms with van der Waals surface area (Å²) in [7, 11) is 0. The fourth-order valence-corrected chi connectivity index (χ4v) is 2.07. The summed E-state index contributed by atoms with van der Waals surface area (Å²) >= 11 is 0. The number of alkyl carbamates (subject to hydrolysis) is 1. The molecule has 0 atom stereocenters. The Kier molecular flexibility index (Phi) is 12.7. The zero-order valence-corrected chi connectivity index (χ0v) is 17.2. The molecule has 0 aliphatic carbocycles. The standard InChI is InChI=1S/C14H23NO2.C4H10.C2H6/c1-8(2)11-7-15-14(16)17-13(10(5)6)12(11)9(3)4;1-4(2)3;1-2/h7-10H,1-6H3,(H,15,16);4H,1-3H3;1-2H3. The lowest BCUT2D eigenvalue weighted by Crippen LogP contribution is -2.18. The van der Waals surface area contributed by atoms with Gasteiger partial charge in [0.05, 0.1) is 0 Å². The van der Waals surface area contributed by atoms with Crippen LogP contribution in [0.3, 0.4) is 0 Å². The molecule has 0 unspecified atom stereocenters. The van der Waals surface area contributed by atoms with E-state index in [-0.39, 0.29) is 12.0 Å². The van der Waals surface area contributed by atoms with Crippen molar-refractivity contribution in [3.63, 3.8) is 0 Å². The van der Waals surface area contributed by atoms with Gasteiger partial charge in [-0.05, 0) is 28.9 Å². The molecule has 0 spiro atoms. The molecule has 1 N–H and O–H groups in total. The Hall–Kier alpha value is -1.25. The van der Waals surface area contributed by atoms with Crippen LogP contribution in [0.25, 0.3) is 0 Å². The second-order valence-electron chi connectivity index (χ2n) is 7.11. The molecule has 0 aromatic carbocycles. The molecule has 0 saturated heterocycles. The highest BCUT2D eigenvalue weighted by molar-refractivity contribution is 5.71. The summed E-state index contributed by atoms with van der Waals surface area (Å²) in [5, 5.41) is 2.68. The molecule has 0 fully saturated rings. The predicted molar refractivity (Wildman–Crippen MR) is 101 cm³/mol. The molecule has 1 heterocycles. The quantitative estimate of drug-likeness (QED) is 0.641. The van der Waals surface area contributed by atoms with Gasteiger partial charge in [0.15, 0.2) is 0 Å². The van der Waals surface area contributed by atoms with Crippen molar-refractivity contribution in [1.82, 2.24) is 5.32 Å². The van der Waals surface area contributed by atoms with Gasteiger partial charge in [-0.1, -0.05) is 76.2 Å². The van der Waals surface area contributed by atoms with Crippen LogP contribution in [0.2, 0.25) is 0 Å². The average Bonchev–Trinajstić information content (AvgIpc) is 2.59. The first kappa shape index (κ1) is 24.0. The number of nitrogens with one attached hydrogen (secondary N) is 1. The molecule has 1 aliphatic heterocycles. The summed E-state index contributed by atoms with van der Waals surface area (Å²) in [6.45, 7) is 23.1. The number of rotatable bonds is 3. The van der Waals surface area contributed by atoms with E-state index in [0.29, 0.717) is 11.8 Å². The summed E-state index contributed by atoms with van der Waals surface area (Å²) in [5.41, 5.74) is 2.32. The summed E-state index contributed by atoms with van der Waals surface area (Å²) in [6, 6.07) is 0. The van der Waals surface area contributed by atoms with Gasteiger partial charge in [-0.3, -0.25) is 5.32 Å². The van der Waals surface area contributed by atoms with E-state index in [0.717, 1.165) is 22.8 Å². The van der Waals surface area contributed by atoms with E-state index in [1.54, 1.807) is 6.20 Å². The predicted octanol–water partition coefficient (Wildman–Crippen LogP) is 6.52. The SMILES string of the molecule is CC.CC(C)C.CC(C)C1=CNC(=O)OC(C(C)C)=C1C(C)C. The molecule has 1 rings (SSSR count). The van der Waals surface area contributed by atoms with E-state index >= 15 is 0 Å². The highest BCUT2D eigenvalue weighted by Gasteiger charge is 2.25. The minimum Gasteiger partial charge on any atom is -0.414 e. The minimum atomic E-state index is -0.387. The van der Waals surface area contributed by atoms with Crippen LogP contribution in [0, 0.1) is 23.7 Å². The van der Waals surface area contributed by atoms with Crippen molar-refractivity contribution in [1.29, 1.82) is 0 Å². The Morgan fingerprint density at radius 3 is 1.57 bits per heavy atom. The summed E-state index contributed by atoms with van der Waals surface area (Å²) in [4.78, 5) is 11.5. The Morgan fingerprint density at radius 1 is 0.826 bits per heavy atom. The van der Waals surface area contributed by atoms with E-state index in [2.05, 4.69) is 53.8 Å². The maximum atomic E-state index is 11.5. The molecule has 3 heteroatoms. The molecule has 0 aromatic heterocycles. The van der Waals surface area contributed by atoms with Crippen LogP contribution < -0.4 is 5.32 Å². The first-order valence-corrected chi connectivity index (χ1v) is 9.00. The van der Waals surface area contributed by atoms with Crippen molar-refractivity contribution < 1.29 is 9.53 Å². The van der Waals surface area contributed by atoms with Gasteiger partial charge in [-0.25, -0.2) is 4.79 Å². The Labute approximate surface area is 144 Å². The van der Waals surface area contributed by atoms with Crippen molar-refractivity contribution in [2.75, 3.05) is 0 Å². The largest absolute Gasteiger partial charge is 0.416 e. The molecule has 1 aliphatic rings. The van der Waals surface area contributed by atoms with Gasteiger partial charge in [0.25, 0.3) is 0 Å². The fourth-order valence-electron chi connectivity index (χ4n) is 2.07. The Morgan fingerprint density at radius 2 is 1.26 bits per heavy atom. The maximum absolute atomic E-state index is 11.5. The number of ether oxygens (including phenoxy) is 1. The van der Waals surface area contributed by atoms with Gasteiger partial charge in [-0.2, -0.15) is 0 Å². The maximum Gasteiger partial charge on any atom is 0.416 e. The topological polar surface area (TPSA) is 38.3 Å². The van der Waals surface area contributed by atoms with Crippen molar-refractivity contribution in [2.45, 2.75) is 76.2 Å². The number of hydrogen-bond donors (Lipinski definition) is 1. The number of carbonyl (C=O) groups excluding carboxylic acids is 1. The second-order valence-corrected chi connectivity index (χ2v) is 7.11. The molecule has 23 heavy (non-hydrogen) atoms. The molecule has 0 saturated carbocycles. The van der Waals surface area contributed by atoms with Gasteiger partial charge in [0.2, 0.25) is 0 Å². The summed E-state index contributed by atoms with van der Waals surface area (Å²) < 4.78 is 5.40.